The summed E-state index contributed by atoms with van der Waals surface area (Å²) >= 11 is 1.41. The van der Waals surface area contributed by atoms with Gasteiger partial charge in [0.2, 0.25) is 0 Å². The van der Waals surface area contributed by atoms with Gasteiger partial charge in [0.15, 0.2) is 0 Å². The number of hydrogen-bond acceptors (Lipinski definition) is 6. The molecule has 176 valence electrons. The third kappa shape index (κ3) is 6.61. The molecule has 1 saturated heterocycles. The van der Waals surface area contributed by atoms with E-state index < -0.39 is 29.8 Å². The van der Waals surface area contributed by atoms with Crippen molar-refractivity contribution in [1.82, 2.24) is 0 Å². The van der Waals surface area contributed by atoms with Gasteiger partial charge in [-0.15, -0.1) is 0 Å². The van der Waals surface area contributed by atoms with Crippen molar-refractivity contribution >= 4 is 11.8 Å². The molecule has 7 nitrogen and oxygen atoms in total. The molecular formula is C26H27N3O4S. The minimum atomic E-state index is -1.06. The van der Waals surface area contributed by atoms with E-state index in [1.807, 2.05) is 91.0 Å². The summed E-state index contributed by atoms with van der Waals surface area (Å²) < 4.78 is 18.4. The fourth-order valence-corrected chi connectivity index (χ4v) is 4.93. The number of nitrogens with zero attached hydrogens (tertiary/aromatic N) is 3. The molecule has 0 amide bonds. The average molecular weight is 478 g/mol. The van der Waals surface area contributed by atoms with Gasteiger partial charge >= 0.3 is 0 Å². The lowest BCUT2D eigenvalue weighted by atomic mass is 9.98. The minimum absolute atomic E-state index is 0.222. The summed E-state index contributed by atoms with van der Waals surface area (Å²) in [5.41, 5.74) is 10.6. The Morgan fingerprint density at radius 3 is 2.09 bits per heavy atom. The van der Waals surface area contributed by atoms with Crippen LogP contribution in [-0.4, -0.2) is 41.5 Å². The van der Waals surface area contributed by atoms with Gasteiger partial charge in [0.1, 0.15) is 23.7 Å². The zero-order chi connectivity index (χ0) is 23.6. The van der Waals surface area contributed by atoms with Crippen molar-refractivity contribution < 1.29 is 19.3 Å². The average Bonchev–Trinajstić information content (AvgIpc) is 2.88. The van der Waals surface area contributed by atoms with Crippen molar-refractivity contribution in [1.29, 1.82) is 0 Å². The quantitative estimate of drug-likeness (QED) is 0.241. The second-order valence-corrected chi connectivity index (χ2v) is 9.09. The monoisotopic (exact) mass is 477 g/mol. The minimum Gasteiger partial charge on any atom is -0.390 e. The number of hydrogen-bond donors (Lipinski definition) is 1. The van der Waals surface area contributed by atoms with Crippen LogP contribution in [0, 0.1) is 0 Å². The summed E-state index contributed by atoms with van der Waals surface area (Å²) in [7, 11) is 0. The second-order valence-electron chi connectivity index (χ2n) is 7.92. The molecule has 1 aliphatic heterocycles. The van der Waals surface area contributed by atoms with Crippen LogP contribution in [0.3, 0.4) is 0 Å². The first-order chi connectivity index (χ1) is 16.7. The van der Waals surface area contributed by atoms with E-state index in [-0.39, 0.29) is 6.61 Å². The molecule has 0 bridgehead atoms. The molecule has 0 spiro atoms. The highest BCUT2D eigenvalue weighted by Gasteiger charge is 2.46. The third-order valence-electron chi connectivity index (χ3n) is 5.50. The summed E-state index contributed by atoms with van der Waals surface area (Å²) in [6, 6.07) is 28.4. The van der Waals surface area contributed by atoms with Gasteiger partial charge in [0.05, 0.1) is 25.9 Å². The summed E-state index contributed by atoms with van der Waals surface area (Å²) in [5, 5.41) is 15.1. The molecule has 0 saturated carbocycles. The molecular weight excluding hydrogens is 450 g/mol. The lowest BCUT2D eigenvalue weighted by Gasteiger charge is -2.42. The molecule has 34 heavy (non-hydrogen) atoms. The van der Waals surface area contributed by atoms with E-state index >= 15 is 0 Å². The van der Waals surface area contributed by atoms with Crippen molar-refractivity contribution in [3.8, 4) is 0 Å². The SMILES string of the molecule is [N-]=[N+]=NC1C(Sc2ccccc2)OC(COCc2ccccc2)C(OCc2ccccc2)C1O. The Balaban J connectivity index is 1.51. The zero-order valence-electron chi connectivity index (χ0n) is 18.6. The highest BCUT2D eigenvalue weighted by atomic mass is 32.2. The van der Waals surface area contributed by atoms with E-state index in [9.17, 15) is 5.11 Å². The highest BCUT2D eigenvalue weighted by Crippen LogP contribution is 2.36. The first kappa shape index (κ1) is 24.3. The Hall–Kier alpha value is -2.84. The van der Waals surface area contributed by atoms with E-state index in [1.54, 1.807) is 0 Å². The van der Waals surface area contributed by atoms with Crippen LogP contribution in [-0.2, 0) is 27.4 Å². The van der Waals surface area contributed by atoms with Gasteiger partial charge in [0, 0.05) is 9.81 Å². The third-order valence-corrected chi connectivity index (χ3v) is 6.67. The van der Waals surface area contributed by atoms with Crippen molar-refractivity contribution in [3.63, 3.8) is 0 Å². The number of thioether (sulfide) groups is 1. The molecule has 3 aromatic rings. The van der Waals surface area contributed by atoms with Crippen LogP contribution < -0.4 is 0 Å². The maximum atomic E-state index is 11.2. The van der Waals surface area contributed by atoms with Crippen molar-refractivity contribution in [3.05, 3.63) is 113 Å². The lowest BCUT2D eigenvalue weighted by molar-refractivity contribution is -0.195. The molecule has 5 unspecified atom stereocenters. The molecule has 4 rings (SSSR count). The van der Waals surface area contributed by atoms with Gasteiger partial charge in [-0.25, -0.2) is 0 Å². The smallest absolute Gasteiger partial charge is 0.119 e. The summed E-state index contributed by atoms with van der Waals surface area (Å²) in [6.45, 7) is 0.930. The van der Waals surface area contributed by atoms with E-state index in [0.717, 1.165) is 16.0 Å². The lowest BCUT2D eigenvalue weighted by Crippen LogP contribution is -2.58. The van der Waals surface area contributed by atoms with E-state index in [0.29, 0.717) is 13.2 Å². The number of rotatable bonds is 10. The Kier molecular flexibility index (Phi) is 8.98. The van der Waals surface area contributed by atoms with Gasteiger partial charge in [0.25, 0.3) is 0 Å². The molecule has 1 fully saturated rings. The number of aliphatic hydroxyl groups is 1. The molecule has 0 aliphatic carbocycles. The van der Waals surface area contributed by atoms with Gasteiger partial charge in [-0.1, -0.05) is 95.7 Å². The number of aliphatic hydroxyl groups excluding tert-OH is 1. The van der Waals surface area contributed by atoms with Crippen LogP contribution in [0.15, 0.2) is 101 Å². The van der Waals surface area contributed by atoms with Crippen molar-refractivity contribution in [2.75, 3.05) is 6.61 Å². The van der Waals surface area contributed by atoms with Crippen LogP contribution in [0.25, 0.3) is 10.4 Å². The maximum Gasteiger partial charge on any atom is 0.119 e. The molecule has 5 atom stereocenters. The molecule has 0 radical (unpaired) electrons. The maximum absolute atomic E-state index is 11.2. The van der Waals surface area contributed by atoms with Crippen molar-refractivity contribution in [2.24, 2.45) is 5.11 Å². The number of ether oxygens (including phenoxy) is 3. The number of benzene rings is 3. The van der Waals surface area contributed by atoms with Gasteiger partial charge < -0.3 is 19.3 Å². The topological polar surface area (TPSA) is 96.7 Å². The van der Waals surface area contributed by atoms with E-state index in [2.05, 4.69) is 10.0 Å². The summed E-state index contributed by atoms with van der Waals surface area (Å²) in [4.78, 5) is 3.92. The molecule has 3 aromatic carbocycles. The van der Waals surface area contributed by atoms with Crippen molar-refractivity contribution in [2.45, 2.75) is 47.9 Å². The summed E-state index contributed by atoms with van der Waals surface area (Å²) in [5.74, 6) is 0. The largest absolute Gasteiger partial charge is 0.390 e. The fourth-order valence-electron chi connectivity index (χ4n) is 3.79. The molecule has 8 heteroatoms. The second kappa shape index (κ2) is 12.6. The van der Waals surface area contributed by atoms with Crippen LogP contribution in [0.2, 0.25) is 0 Å². The van der Waals surface area contributed by atoms with Gasteiger partial charge in [-0.3, -0.25) is 0 Å². The molecule has 1 N–H and O–H groups in total. The van der Waals surface area contributed by atoms with E-state index in [4.69, 9.17) is 19.7 Å². The van der Waals surface area contributed by atoms with Gasteiger partial charge in [-0.05, 0) is 28.8 Å². The Morgan fingerprint density at radius 1 is 0.882 bits per heavy atom. The Bertz CT molecular complexity index is 1050. The Labute approximate surface area is 203 Å². The highest BCUT2D eigenvalue weighted by molar-refractivity contribution is 7.99. The molecule has 1 aliphatic rings. The van der Waals surface area contributed by atoms with Crippen LogP contribution in [0.4, 0.5) is 0 Å². The van der Waals surface area contributed by atoms with Crippen LogP contribution >= 0.6 is 11.8 Å². The zero-order valence-corrected chi connectivity index (χ0v) is 19.4. The predicted molar refractivity (Wildman–Crippen MR) is 131 cm³/mol. The number of azide groups is 1. The normalized spacial score (nSPS) is 24.3. The predicted octanol–water partition coefficient (Wildman–Crippen LogP) is 5.35. The first-order valence-corrected chi connectivity index (χ1v) is 12.0. The molecule has 0 aromatic heterocycles. The first-order valence-electron chi connectivity index (χ1n) is 11.1. The molecule has 1 heterocycles. The Morgan fingerprint density at radius 2 is 1.47 bits per heavy atom. The van der Waals surface area contributed by atoms with Crippen LogP contribution in [0.5, 0.6) is 0 Å². The van der Waals surface area contributed by atoms with E-state index in [1.165, 1.54) is 11.8 Å². The van der Waals surface area contributed by atoms with Crippen LogP contribution in [0.1, 0.15) is 11.1 Å². The fraction of sp³-hybridized carbons (Fsp3) is 0.308. The summed E-state index contributed by atoms with van der Waals surface area (Å²) in [6.07, 6.45) is -2.33. The standard InChI is InChI=1S/C26H27N3O4S/c27-29-28-23-24(30)25(32-17-20-12-6-2-7-13-20)22(18-31-16-19-10-4-1-5-11-19)33-26(23)34-21-14-8-3-9-15-21/h1-15,22-26,30H,16-18H2. The van der Waals surface area contributed by atoms with Gasteiger partial charge in [-0.2, -0.15) is 0 Å².